The maximum Gasteiger partial charge on any atom is 0.135 e. The first-order valence-electron chi connectivity index (χ1n) is 5.50. The molecule has 1 aromatic carbocycles. The Balaban J connectivity index is 2.35. The Morgan fingerprint density at radius 3 is 2.53 bits per heavy atom. The van der Waals surface area contributed by atoms with Crippen molar-refractivity contribution < 1.29 is 4.79 Å². The van der Waals surface area contributed by atoms with Crippen molar-refractivity contribution in [2.45, 2.75) is 20.3 Å². The lowest BCUT2D eigenvalue weighted by Crippen LogP contribution is -1.95. The van der Waals surface area contributed by atoms with Crippen molar-refractivity contribution in [1.29, 1.82) is 0 Å². The van der Waals surface area contributed by atoms with Crippen molar-refractivity contribution in [3.63, 3.8) is 0 Å². The molecule has 3 heteroatoms. The van der Waals surface area contributed by atoms with Crippen LogP contribution in [0.1, 0.15) is 18.2 Å². The average Bonchev–Trinajstić information content (AvgIpc) is 2.59. The fraction of sp³-hybridized carbons (Fsp3) is 0.214. The Labute approximate surface area is 106 Å². The highest BCUT2D eigenvalue weighted by Gasteiger charge is 2.08. The lowest BCUT2D eigenvalue weighted by molar-refractivity contribution is -0.116. The van der Waals surface area contributed by atoms with Gasteiger partial charge in [-0.3, -0.25) is 4.79 Å². The number of Topliss-reactive ketones (excluding diaryl/α,β-unsaturated/α-hetero) is 1. The van der Waals surface area contributed by atoms with Crippen LogP contribution in [0.5, 0.6) is 0 Å². The van der Waals surface area contributed by atoms with Gasteiger partial charge in [-0.1, -0.05) is 23.7 Å². The fourth-order valence-corrected chi connectivity index (χ4v) is 2.03. The van der Waals surface area contributed by atoms with Crippen molar-refractivity contribution in [2.24, 2.45) is 0 Å². The molecule has 1 N–H and O–H groups in total. The number of aromatic nitrogens is 1. The summed E-state index contributed by atoms with van der Waals surface area (Å²) in [7, 11) is 0. The summed E-state index contributed by atoms with van der Waals surface area (Å²) in [6.45, 7) is 3.63. The zero-order chi connectivity index (χ0) is 12.4. The van der Waals surface area contributed by atoms with Crippen LogP contribution in [0.4, 0.5) is 0 Å². The second kappa shape index (κ2) is 4.76. The molecule has 0 unspecified atom stereocenters. The van der Waals surface area contributed by atoms with Crippen molar-refractivity contribution in [3.05, 3.63) is 46.6 Å². The van der Waals surface area contributed by atoms with Gasteiger partial charge in [-0.2, -0.15) is 0 Å². The van der Waals surface area contributed by atoms with Gasteiger partial charge in [0.25, 0.3) is 0 Å². The third-order valence-electron chi connectivity index (χ3n) is 2.64. The molecule has 2 aromatic rings. The van der Waals surface area contributed by atoms with Gasteiger partial charge >= 0.3 is 0 Å². The predicted molar refractivity (Wildman–Crippen MR) is 70.4 cm³/mol. The summed E-state index contributed by atoms with van der Waals surface area (Å²) in [4.78, 5) is 14.4. The van der Waals surface area contributed by atoms with Gasteiger partial charge in [-0.05, 0) is 43.2 Å². The van der Waals surface area contributed by atoms with E-state index in [1.165, 1.54) is 0 Å². The van der Waals surface area contributed by atoms with Crippen LogP contribution >= 0.6 is 11.6 Å². The predicted octanol–water partition coefficient (Wildman–Crippen LogP) is 3.78. The Kier molecular flexibility index (Phi) is 3.34. The number of hydrogen-bond acceptors (Lipinski definition) is 1. The lowest BCUT2D eigenvalue weighted by Gasteiger charge is -2.00. The minimum Gasteiger partial charge on any atom is -0.358 e. The number of aromatic amines is 1. The van der Waals surface area contributed by atoms with Gasteiger partial charge in [0.05, 0.1) is 0 Å². The molecule has 2 rings (SSSR count). The first-order valence-corrected chi connectivity index (χ1v) is 5.88. The highest BCUT2D eigenvalue weighted by Crippen LogP contribution is 2.24. The molecule has 88 valence electrons. The van der Waals surface area contributed by atoms with E-state index in [4.69, 9.17) is 11.6 Å². The molecule has 0 aliphatic heterocycles. The van der Waals surface area contributed by atoms with Crippen LogP contribution in [0.3, 0.4) is 0 Å². The first kappa shape index (κ1) is 11.9. The van der Waals surface area contributed by atoms with Gasteiger partial charge in [-0.15, -0.1) is 0 Å². The van der Waals surface area contributed by atoms with E-state index in [1.807, 2.05) is 37.3 Å². The van der Waals surface area contributed by atoms with Crippen LogP contribution in [0.25, 0.3) is 11.3 Å². The number of carbonyl (C=O) groups is 1. The number of halogens is 1. The molecule has 0 atom stereocenters. The first-order chi connectivity index (χ1) is 8.06. The number of aryl methyl sites for hydroxylation is 1. The fourth-order valence-electron chi connectivity index (χ4n) is 1.91. The molecule has 0 saturated carbocycles. The van der Waals surface area contributed by atoms with Crippen LogP contribution in [0, 0.1) is 6.92 Å². The van der Waals surface area contributed by atoms with Crippen LogP contribution < -0.4 is 0 Å². The summed E-state index contributed by atoms with van der Waals surface area (Å²) in [5.41, 5.74) is 4.24. The van der Waals surface area contributed by atoms with Gasteiger partial charge < -0.3 is 4.98 Å². The van der Waals surface area contributed by atoms with Gasteiger partial charge in [0.1, 0.15) is 5.78 Å². The van der Waals surface area contributed by atoms with Crippen LogP contribution in [0.15, 0.2) is 30.3 Å². The summed E-state index contributed by atoms with van der Waals surface area (Å²) in [5.74, 6) is 0.161. The average molecular weight is 248 g/mol. The monoisotopic (exact) mass is 247 g/mol. The molecular weight excluding hydrogens is 234 g/mol. The van der Waals surface area contributed by atoms with E-state index in [0.717, 1.165) is 27.5 Å². The minimum absolute atomic E-state index is 0.161. The zero-order valence-corrected chi connectivity index (χ0v) is 10.6. The molecular formula is C14H14ClNO. The quantitative estimate of drug-likeness (QED) is 0.880. The minimum atomic E-state index is 0.161. The molecule has 0 amide bonds. The molecule has 0 saturated heterocycles. The number of H-pyrrole nitrogens is 1. The van der Waals surface area contributed by atoms with E-state index in [1.54, 1.807) is 6.92 Å². The number of hydrogen-bond donors (Lipinski definition) is 1. The summed E-state index contributed by atoms with van der Waals surface area (Å²) in [6, 6.07) is 9.69. The van der Waals surface area contributed by atoms with Crippen molar-refractivity contribution in [1.82, 2.24) is 4.98 Å². The molecule has 2 nitrogen and oxygen atoms in total. The molecule has 1 heterocycles. The van der Waals surface area contributed by atoms with E-state index >= 15 is 0 Å². The third-order valence-corrected chi connectivity index (χ3v) is 2.89. The van der Waals surface area contributed by atoms with Crippen molar-refractivity contribution in [3.8, 4) is 11.3 Å². The summed E-state index contributed by atoms with van der Waals surface area (Å²) >= 11 is 5.86. The van der Waals surface area contributed by atoms with E-state index in [9.17, 15) is 4.79 Å². The largest absolute Gasteiger partial charge is 0.358 e. The Hall–Kier alpha value is -1.54. The molecule has 0 fully saturated rings. The van der Waals surface area contributed by atoms with Crippen molar-refractivity contribution >= 4 is 17.4 Å². The molecule has 0 radical (unpaired) electrons. The van der Waals surface area contributed by atoms with Crippen LogP contribution in [0.2, 0.25) is 5.02 Å². The highest BCUT2D eigenvalue weighted by atomic mass is 35.5. The van der Waals surface area contributed by atoms with Crippen molar-refractivity contribution in [2.75, 3.05) is 0 Å². The van der Waals surface area contributed by atoms with E-state index in [-0.39, 0.29) is 5.78 Å². The third kappa shape index (κ3) is 2.77. The Morgan fingerprint density at radius 2 is 1.94 bits per heavy atom. The van der Waals surface area contributed by atoms with E-state index in [0.29, 0.717) is 6.42 Å². The maximum atomic E-state index is 11.1. The maximum absolute atomic E-state index is 11.1. The standard InChI is InChI=1S/C14H14ClNO/c1-9-7-13(8-10(2)17)16-14(9)11-3-5-12(15)6-4-11/h3-7,16H,8H2,1-2H3. The summed E-state index contributed by atoms with van der Waals surface area (Å²) in [6.07, 6.45) is 0.453. The number of nitrogens with one attached hydrogen (secondary N) is 1. The number of carbonyl (C=O) groups excluding carboxylic acids is 1. The van der Waals surface area contributed by atoms with Crippen LogP contribution in [-0.2, 0) is 11.2 Å². The molecule has 0 aliphatic rings. The molecule has 17 heavy (non-hydrogen) atoms. The van der Waals surface area contributed by atoms with Gasteiger partial charge in [0, 0.05) is 22.8 Å². The van der Waals surface area contributed by atoms with E-state index in [2.05, 4.69) is 4.98 Å². The Morgan fingerprint density at radius 1 is 1.29 bits per heavy atom. The summed E-state index contributed by atoms with van der Waals surface area (Å²) in [5, 5.41) is 0.724. The zero-order valence-electron chi connectivity index (χ0n) is 9.88. The molecule has 0 spiro atoms. The second-order valence-corrected chi connectivity index (χ2v) is 4.67. The van der Waals surface area contributed by atoms with Gasteiger partial charge in [0.15, 0.2) is 0 Å². The van der Waals surface area contributed by atoms with Crippen LogP contribution in [-0.4, -0.2) is 10.8 Å². The number of rotatable bonds is 3. The Bertz CT molecular complexity index is 540. The van der Waals surface area contributed by atoms with Gasteiger partial charge in [0.2, 0.25) is 0 Å². The number of benzene rings is 1. The smallest absolute Gasteiger partial charge is 0.135 e. The SMILES string of the molecule is CC(=O)Cc1cc(C)c(-c2ccc(Cl)cc2)[nH]1. The topological polar surface area (TPSA) is 32.9 Å². The normalized spacial score (nSPS) is 10.5. The molecule has 0 bridgehead atoms. The molecule has 0 aliphatic carbocycles. The summed E-state index contributed by atoms with van der Waals surface area (Å²) < 4.78 is 0. The lowest BCUT2D eigenvalue weighted by atomic mass is 10.1. The molecule has 1 aromatic heterocycles. The second-order valence-electron chi connectivity index (χ2n) is 4.24. The van der Waals surface area contributed by atoms with Gasteiger partial charge in [-0.25, -0.2) is 0 Å². The highest BCUT2D eigenvalue weighted by molar-refractivity contribution is 6.30. The van der Waals surface area contributed by atoms with E-state index < -0.39 is 0 Å². The number of ketones is 1.